The number of nitrogens with zero attached hydrogens (tertiary/aromatic N) is 3. The Hall–Kier alpha value is -2.87. The van der Waals surface area contributed by atoms with Crippen molar-refractivity contribution in [3.8, 4) is 0 Å². The highest BCUT2D eigenvalue weighted by Gasteiger charge is 2.26. The Morgan fingerprint density at radius 3 is 2.68 bits per heavy atom. The molecule has 5 rings (SSSR count). The van der Waals surface area contributed by atoms with Crippen molar-refractivity contribution >= 4 is 40.2 Å². The van der Waals surface area contributed by atoms with Gasteiger partial charge in [-0.1, -0.05) is 53.7 Å². The predicted octanol–water partition coefficient (Wildman–Crippen LogP) is 5.74. The number of carbonyl (C=O) groups excluding carboxylic acids is 1. The van der Waals surface area contributed by atoms with Crippen molar-refractivity contribution in [2.75, 3.05) is 19.6 Å². The van der Waals surface area contributed by atoms with Crippen molar-refractivity contribution in [2.24, 2.45) is 0 Å². The number of nitrogens with one attached hydrogen (secondary N) is 1. The minimum atomic E-state index is -0.216. The number of thioether (sulfide) groups is 1. The molecule has 2 aromatic carbocycles. The number of benzene rings is 2. The Bertz CT molecular complexity index is 1270. The molecular weight excluding hydrogens is 468 g/mol. The number of hydrogen-bond donors (Lipinski definition) is 1. The van der Waals surface area contributed by atoms with Gasteiger partial charge in [0.2, 0.25) is 0 Å². The van der Waals surface area contributed by atoms with Crippen LogP contribution >= 0.6 is 23.4 Å². The van der Waals surface area contributed by atoms with Crippen LogP contribution in [0.15, 0.2) is 76.6 Å². The van der Waals surface area contributed by atoms with Gasteiger partial charge in [0.15, 0.2) is 10.9 Å². The molecule has 0 unspecified atom stereocenters. The minimum absolute atomic E-state index is 0.0603. The zero-order valence-electron chi connectivity index (χ0n) is 18.6. The van der Waals surface area contributed by atoms with E-state index in [0.29, 0.717) is 33.8 Å². The van der Waals surface area contributed by atoms with E-state index < -0.39 is 0 Å². The SMILES string of the molecule is O=C(NC[C@@H](c1cccc(Cl)c1)N1CCCC1)c1oc2ccccc2c1CSc1ncccn1. The standard InChI is InChI=1S/C26H25ClN4O2S/c27-19-8-5-7-18(15-19)22(31-13-3-4-14-31)16-30-25(32)24-21(17-34-26-28-11-6-12-29-26)20-9-1-2-10-23(20)33-24/h1-2,5-12,15,22H,3-4,13-14,16-17H2,(H,30,32)/t22-/m0/s1. The molecule has 1 fully saturated rings. The fraction of sp³-hybridized carbons (Fsp3) is 0.269. The maximum atomic E-state index is 13.4. The molecule has 2 aromatic heterocycles. The van der Waals surface area contributed by atoms with Crippen LogP contribution in [0.3, 0.4) is 0 Å². The highest BCUT2D eigenvalue weighted by molar-refractivity contribution is 7.98. The third kappa shape index (κ3) is 5.12. The monoisotopic (exact) mass is 492 g/mol. The number of hydrogen-bond acceptors (Lipinski definition) is 6. The molecule has 4 aromatic rings. The van der Waals surface area contributed by atoms with Crippen molar-refractivity contribution in [1.82, 2.24) is 20.2 Å². The molecule has 0 aliphatic carbocycles. The number of aromatic nitrogens is 2. The first-order chi connectivity index (χ1) is 16.7. The Labute approximate surface area is 207 Å². The van der Waals surface area contributed by atoms with Gasteiger partial charge >= 0.3 is 0 Å². The van der Waals surface area contributed by atoms with Gasteiger partial charge in [0.25, 0.3) is 5.91 Å². The number of halogens is 1. The van der Waals surface area contributed by atoms with Crippen LogP contribution in [0.1, 0.15) is 40.6 Å². The third-order valence-corrected chi connectivity index (χ3v) is 7.20. The largest absolute Gasteiger partial charge is 0.451 e. The molecule has 8 heteroatoms. The van der Waals surface area contributed by atoms with E-state index in [0.717, 1.165) is 42.4 Å². The van der Waals surface area contributed by atoms with E-state index in [1.807, 2.05) is 42.5 Å². The van der Waals surface area contributed by atoms with Gasteiger partial charge in [-0.2, -0.15) is 0 Å². The predicted molar refractivity (Wildman–Crippen MR) is 135 cm³/mol. The molecule has 34 heavy (non-hydrogen) atoms. The number of rotatable bonds is 8. The lowest BCUT2D eigenvalue weighted by Crippen LogP contribution is -2.37. The molecule has 0 spiro atoms. The van der Waals surface area contributed by atoms with E-state index in [4.69, 9.17) is 16.0 Å². The van der Waals surface area contributed by atoms with Gasteiger partial charge < -0.3 is 9.73 Å². The molecule has 0 bridgehead atoms. The van der Waals surface area contributed by atoms with E-state index in [1.54, 1.807) is 18.5 Å². The first kappa shape index (κ1) is 22.9. The first-order valence-corrected chi connectivity index (χ1v) is 12.7. The molecule has 174 valence electrons. The van der Waals surface area contributed by atoms with Gasteiger partial charge in [0.05, 0.1) is 6.04 Å². The normalized spacial score (nSPS) is 15.0. The van der Waals surface area contributed by atoms with E-state index >= 15 is 0 Å². The maximum Gasteiger partial charge on any atom is 0.287 e. The number of furan rings is 1. The van der Waals surface area contributed by atoms with Crippen LogP contribution in [0.5, 0.6) is 0 Å². The van der Waals surface area contributed by atoms with Gasteiger partial charge in [0.1, 0.15) is 5.58 Å². The van der Waals surface area contributed by atoms with Crippen molar-refractivity contribution < 1.29 is 9.21 Å². The Morgan fingerprint density at radius 1 is 1.09 bits per heavy atom. The molecule has 1 N–H and O–H groups in total. The molecule has 1 aliphatic heterocycles. The molecule has 1 amide bonds. The highest BCUT2D eigenvalue weighted by atomic mass is 35.5. The molecule has 1 aliphatic rings. The van der Waals surface area contributed by atoms with E-state index in [1.165, 1.54) is 11.8 Å². The highest BCUT2D eigenvalue weighted by Crippen LogP contribution is 2.31. The minimum Gasteiger partial charge on any atom is -0.451 e. The van der Waals surface area contributed by atoms with Crippen LogP contribution in [-0.2, 0) is 5.75 Å². The second-order valence-corrected chi connectivity index (χ2v) is 9.63. The summed E-state index contributed by atoms with van der Waals surface area (Å²) in [6, 6.07) is 17.5. The van der Waals surface area contributed by atoms with Crippen LogP contribution in [0.25, 0.3) is 11.0 Å². The van der Waals surface area contributed by atoms with Crippen molar-refractivity contribution in [3.05, 3.63) is 88.9 Å². The number of likely N-dealkylation sites (tertiary alicyclic amines) is 1. The van der Waals surface area contributed by atoms with Crippen LogP contribution in [0, 0.1) is 0 Å². The summed E-state index contributed by atoms with van der Waals surface area (Å²) in [6.07, 6.45) is 5.75. The van der Waals surface area contributed by atoms with Crippen LogP contribution < -0.4 is 5.32 Å². The fourth-order valence-corrected chi connectivity index (χ4v) is 5.45. The van der Waals surface area contributed by atoms with Gasteiger partial charge in [-0.25, -0.2) is 9.97 Å². The number of para-hydroxylation sites is 1. The molecule has 0 saturated carbocycles. The summed E-state index contributed by atoms with van der Waals surface area (Å²) in [6.45, 7) is 2.50. The number of amides is 1. The lowest BCUT2D eigenvalue weighted by molar-refractivity contribution is 0.0911. The topological polar surface area (TPSA) is 71.3 Å². The summed E-state index contributed by atoms with van der Waals surface area (Å²) in [5, 5.41) is 5.43. The summed E-state index contributed by atoms with van der Waals surface area (Å²) in [7, 11) is 0. The summed E-state index contributed by atoms with van der Waals surface area (Å²) >= 11 is 7.75. The van der Waals surface area contributed by atoms with Gasteiger partial charge in [-0.05, 0) is 55.8 Å². The van der Waals surface area contributed by atoms with Crippen molar-refractivity contribution in [2.45, 2.75) is 29.8 Å². The molecule has 0 radical (unpaired) electrons. The second-order valence-electron chi connectivity index (χ2n) is 8.25. The fourth-order valence-electron chi connectivity index (χ4n) is 4.42. The first-order valence-electron chi connectivity index (χ1n) is 11.4. The van der Waals surface area contributed by atoms with E-state index in [2.05, 4.69) is 26.3 Å². The summed E-state index contributed by atoms with van der Waals surface area (Å²) < 4.78 is 6.03. The molecule has 6 nitrogen and oxygen atoms in total. The lowest BCUT2D eigenvalue weighted by Gasteiger charge is -2.28. The van der Waals surface area contributed by atoms with Gasteiger partial charge in [0, 0.05) is 40.7 Å². The van der Waals surface area contributed by atoms with Crippen molar-refractivity contribution in [3.63, 3.8) is 0 Å². The Morgan fingerprint density at radius 2 is 1.88 bits per heavy atom. The average Bonchev–Trinajstić information content (AvgIpc) is 3.52. The molecule has 1 saturated heterocycles. The second kappa shape index (κ2) is 10.6. The summed E-state index contributed by atoms with van der Waals surface area (Å²) in [4.78, 5) is 24.3. The van der Waals surface area contributed by atoms with Crippen LogP contribution in [0.2, 0.25) is 5.02 Å². The van der Waals surface area contributed by atoms with Crippen molar-refractivity contribution in [1.29, 1.82) is 0 Å². The molecule has 1 atom stereocenters. The van der Waals surface area contributed by atoms with E-state index in [-0.39, 0.29) is 11.9 Å². The maximum absolute atomic E-state index is 13.4. The van der Waals surface area contributed by atoms with E-state index in [9.17, 15) is 4.79 Å². The quantitative estimate of drug-likeness (QED) is 0.250. The lowest BCUT2D eigenvalue weighted by atomic mass is 10.1. The summed E-state index contributed by atoms with van der Waals surface area (Å²) in [5.74, 6) is 0.663. The van der Waals surface area contributed by atoms with Crippen LogP contribution in [0.4, 0.5) is 0 Å². The summed E-state index contributed by atoms with van der Waals surface area (Å²) in [5.41, 5.74) is 2.66. The zero-order chi connectivity index (χ0) is 23.3. The number of carbonyl (C=O) groups is 1. The van der Waals surface area contributed by atoms with Gasteiger partial charge in [-0.3, -0.25) is 9.69 Å². The molecular formula is C26H25ClN4O2S. The molecule has 3 heterocycles. The Kier molecular flexibility index (Phi) is 7.13. The smallest absolute Gasteiger partial charge is 0.287 e. The van der Waals surface area contributed by atoms with Gasteiger partial charge in [-0.15, -0.1) is 0 Å². The zero-order valence-corrected chi connectivity index (χ0v) is 20.2. The average molecular weight is 493 g/mol. The van der Waals surface area contributed by atoms with Crippen LogP contribution in [-0.4, -0.2) is 40.4 Å². The third-order valence-electron chi connectivity index (χ3n) is 6.06. The Balaban J connectivity index is 1.38. The number of fused-ring (bicyclic) bond motifs is 1.